The van der Waals surface area contributed by atoms with Crippen LogP contribution in [0.2, 0.25) is 0 Å². The molecule has 0 saturated heterocycles. The summed E-state index contributed by atoms with van der Waals surface area (Å²) in [5.41, 5.74) is 0.0517. The molecule has 20 heavy (non-hydrogen) atoms. The number of carbonyl (C=O) groups excluding carboxylic acids is 2. The van der Waals surface area contributed by atoms with Crippen molar-refractivity contribution in [3.05, 3.63) is 28.5 Å². The Morgan fingerprint density at radius 3 is 2.75 bits per heavy atom. The van der Waals surface area contributed by atoms with Crippen LogP contribution in [0.4, 0.5) is 10.1 Å². The summed E-state index contributed by atoms with van der Waals surface area (Å²) in [7, 11) is 0. The number of nitrogens with one attached hydrogen (secondary N) is 1. The van der Waals surface area contributed by atoms with E-state index in [2.05, 4.69) is 21.2 Å². The van der Waals surface area contributed by atoms with Gasteiger partial charge in [0.25, 0.3) is 5.91 Å². The molecule has 1 rings (SSSR count). The summed E-state index contributed by atoms with van der Waals surface area (Å²) >= 11 is 3.12. The molecule has 110 valence electrons. The maximum Gasteiger partial charge on any atom is 0.309 e. The van der Waals surface area contributed by atoms with Crippen LogP contribution in [0.25, 0.3) is 0 Å². The summed E-state index contributed by atoms with van der Waals surface area (Å²) in [6.07, 6.45) is 1.58. The molecule has 4 nitrogen and oxygen atoms in total. The Balaban J connectivity index is 2.46. The zero-order chi connectivity index (χ0) is 15.1. The van der Waals surface area contributed by atoms with E-state index in [1.165, 1.54) is 12.1 Å². The van der Waals surface area contributed by atoms with Crippen LogP contribution in [0.3, 0.4) is 0 Å². The van der Waals surface area contributed by atoms with Crippen LogP contribution in [-0.4, -0.2) is 18.5 Å². The number of hydrogen-bond acceptors (Lipinski definition) is 3. The van der Waals surface area contributed by atoms with Gasteiger partial charge in [-0.25, -0.2) is 4.39 Å². The fraction of sp³-hybridized carbons (Fsp3) is 0.429. The Morgan fingerprint density at radius 1 is 1.45 bits per heavy atom. The summed E-state index contributed by atoms with van der Waals surface area (Å²) in [6, 6.07) is 4.28. The number of carbonyl (C=O) groups is 2. The highest BCUT2D eigenvalue weighted by Gasteiger charge is 2.15. The quantitative estimate of drug-likeness (QED) is 0.802. The molecule has 0 bridgehead atoms. The van der Waals surface area contributed by atoms with Gasteiger partial charge in [-0.1, -0.05) is 36.2 Å². The molecule has 0 saturated carbocycles. The molecule has 1 aromatic rings. The number of hydrogen-bond donors (Lipinski definition) is 1. The molecule has 0 radical (unpaired) electrons. The molecule has 1 atom stereocenters. The molecular weight excluding hydrogens is 329 g/mol. The van der Waals surface area contributed by atoms with Crippen LogP contribution in [0, 0.1) is 11.7 Å². The average molecular weight is 346 g/mol. The van der Waals surface area contributed by atoms with Crippen molar-refractivity contribution < 1.29 is 18.7 Å². The second kappa shape index (κ2) is 7.99. The number of ether oxygens (including phenoxy) is 1. The lowest BCUT2D eigenvalue weighted by Gasteiger charge is -2.11. The predicted octanol–water partition coefficient (Wildman–Crippen LogP) is 3.51. The zero-order valence-corrected chi connectivity index (χ0v) is 13.0. The van der Waals surface area contributed by atoms with Gasteiger partial charge in [0.15, 0.2) is 6.61 Å². The molecule has 6 heteroatoms. The molecule has 0 fully saturated rings. The molecule has 0 unspecified atom stereocenters. The highest BCUT2D eigenvalue weighted by molar-refractivity contribution is 9.10. The second-order valence-electron chi connectivity index (χ2n) is 4.47. The van der Waals surface area contributed by atoms with Gasteiger partial charge in [0.1, 0.15) is 5.82 Å². The molecule has 0 aliphatic heterocycles. The minimum Gasteiger partial charge on any atom is -0.455 e. The van der Waals surface area contributed by atoms with E-state index in [1.807, 2.05) is 6.92 Å². The summed E-state index contributed by atoms with van der Waals surface area (Å²) in [4.78, 5) is 23.1. The first-order valence-corrected chi connectivity index (χ1v) is 7.14. The highest BCUT2D eigenvalue weighted by Crippen LogP contribution is 2.19. The van der Waals surface area contributed by atoms with Crippen molar-refractivity contribution in [2.75, 3.05) is 11.9 Å². The maximum absolute atomic E-state index is 13.5. The van der Waals surface area contributed by atoms with Crippen molar-refractivity contribution in [3.8, 4) is 0 Å². The van der Waals surface area contributed by atoms with Gasteiger partial charge in [0.05, 0.1) is 11.6 Å². The number of amides is 1. The Labute approximate surface area is 125 Å². The third-order valence-corrected chi connectivity index (χ3v) is 3.17. The minimum absolute atomic E-state index is 0.0517. The lowest BCUT2D eigenvalue weighted by Crippen LogP contribution is -2.24. The number of esters is 1. The first-order valence-electron chi connectivity index (χ1n) is 6.35. The summed E-state index contributed by atoms with van der Waals surface area (Å²) in [5, 5.41) is 2.35. The van der Waals surface area contributed by atoms with Gasteiger partial charge in [0, 0.05) is 4.47 Å². The van der Waals surface area contributed by atoms with E-state index < -0.39 is 24.3 Å². The van der Waals surface area contributed by atoms with Crippen molar-refractivity contribution in [1.82, 2.24) is 0 Å². The van der Waals surface area contributed by atoms with E-state index in [9.17, 15) is 14.0 Å². The number of halogens is 2. The average Bonchev–Trinajstić information content (AvgIpc) is 2.39. The standard InChI is InChI=1S/C14H17BrFNO3/c1-3-4-9(2)14(19)20-8-13(18)17-12-6-5-10(15)7-11(12)16/h5-7,9H,3-4,8H2,1-2H3,(H,17,18)/t9-/m0/s1. The predicted molar refractivity (Wildman–Crippen MR) is 77.8 cm³/mol. The molecule has 0 spiro atoms. The van der Waals surface area contributed by atoms with Crippen molar-refractivity contribution in [1.29, 1.82) is 0 Å². The second-order valence-corrected chi connectivity index (χ2v) is 5.39. The Kier molecular flexibility index (Phi) is 6.64. The Hall–Kier alpha value is -1.43. The number of benzene rings is 1. The van der Waals surface area contributed by atoms with E-state index in [0.29, 0.717) is 10.9 Å². The van der Waals surface area contributed by atoms with E-state index in [1.54, 1.807) is 13.0 Å². The maximum atomic E-state index is 13.5. The Bertz CT molecular complexity index is 493. The van der Waals surface area contributed by atoms with Gasteiger partial charge >= 0.3 is 5.97 Å². The van der Waals surface area contributed by atoms with Crippen LogP contribution in [0.15, 0.2) is 22.7 Å². The van der Waals surface area contributed by atoms with Crippen molar-refractivity contribution in [2.24, 2.45) is 5.92 Å². The SMILES string of the molecule is CCC[C@H](C)C(=O)OCC(=O)Nc1ccc(Br)cc1F. The van der Waals surface area contributed by atoms with E-state index in [0.717, 1.165) is 6.42 Å². The molecule has 1 aromatic carbocycles. The van der Waals surface area contributed by atoms with Crippen LogP contribution in [0.1, 0.15) is 26.7 Å². The van der Waals surface area contributed by atoms with Crippen LogP contribution < -0.4 is 5.32 Å². The summed E-state index contributed by atoms with van der Waals surface area (Å²) in [5.74, 6) is -1.78. The summed E-state index contributed by atoms with van der Waals surface area (Å²) in [6.45, 7) is 3.30. The van der Waals surface area contributed by atoms with Gasteiger partial charge in [-0.05, 0) is 24.6 Å². The van der Waals surface area contributed by atoms with E-state index >= 15 is 0 Å². The molecule has 1 amide bonds. The van der Waals surface area contributed by atoms with Crippen molar-refractivity contribution >= 4 is 33.5 Å². The largest absolute Gasteiger partial charge is 0.455 e. The monoisotopic (exact) mass is 345 g/mol. The molecule has 1 N–H and O–H groups in total. The fourth-order valence-electron chi connectivity index (χ4n) is 1.61. The highest BCUT2D eigenvalue weighted by atomic mass is 79.9. The fourth-order valence-corrected chi connectivity index (χ4v) is 1.94. The molecule has 0 heterocycles. The molecule has 0 aliphatic rings. The van der Waals surface area contributed by atoms with E-state index in [-0.39, 0.29) is 11.6 Å². The minimum atomic E-state index is -0.566. The smallest absolute Gasteiger partial charge is 0.309 e. The normalized spacial score (nSPS) is 11.8. The van der Waals surface area contributed by atoms with Crippen molar-refractivity contribution in [2.45, 2.75) is 26.7 Å². The third kappa shape index (κ3) is 5.28. The number of anilines is 1. The molecule has 0 aromatic heterocycles. The van der Waals surface area contributed by atoms with Gasteiger partial charge in [-0.15, -0.1) is 0 Å². The lowest BCUT2D eigenvalue weighted by atomic mass is 10.1. The lowest BCUT2D eigenvalue weighted by molar-refractivity contribution is -0.151. The summed E-state index contributed by atoms with van der Waals surface area (Å²) < 4.78 is 18.9. The van der Waals surface area contributed by atoms with Gasteiger partial charge in [-0.3, -0.25) is 9.59 Å². The van der Waals surface area contributed by atoms with Crippen LogP contribution >= 0.6 is 15.9 Å². The zero-order valence-electron chi connectivity index (χ0n) is 11.4. The van der Waals surface area contributed by atoms with Crippen molar-refractivity contribution in [3.63, 3.8) is 0 Å². The topological polar surface area (TPSA) is 55.4 Å². The third-order valence-electron chi connectivity index (χ3n) is 2.67. The number of rotatable bonds is 6. The first kappa shape index (κ1) is 16.6. The van der Waals surface area contributed by atoms with E-state index in [4.69, 9.17) is 4.74 Å². The molecular formula is C14H17BrFNO3. The Morgan fingerprint density at radius 2 is 2.15 bits per heavy atom. The first-order chi connectivity index (χ1) is 9.43. The van der Waals surface area contributed by atoms with Gasteiger partial charge in [-0.2, -0.15) is 0 Å². The van der Waals surface area contributed by atoms with Gasteiger partial charge < -0.3 is 10.1 Å². The molecule has 0 aliphatic carbocycles. The van der Waals surface area contributed by atoms with Crippen LogP contribution in [-0.2, 0) is 14.3 Å². The van der Waals surface area contributed by atoms with Crippen LogP contribution in [0.5, 0.6) is 0 Å². The van der Waals surface area contributed by atoms with Gasteiger partial charge in [0.2, 0.25) is 0 Å².